The van der Waals surface area contributed by atoms with E-state index in [0.717, 1.165) is 0 Å². The predicted molar refractivity (Wildman–Crippen MR) is 127 cm³/mol. The fourth-order valence-corrected chi connectivity index (χ4v) is 4.62. The Labute approximate surface area is 206 Å². The van der Waals surface area contributed by atoms with Crippen LogP contribution < -0.4 is 36.8 Å². The number of thiocarbonyl (C=S) groups is 2. The van der Waals surface area contributed by atoms with Crippen LogP contribution in [0.4, 0.5) is 0 Å². The molecule has 0 spiro atoms. The third-order valence-corrected chi connectivity index (χ3v) is 6.04. The first-order valence-corrected chi connectivity index (χ1v) is 12.8. The van der Waals surface area contributed by atoms with Gasteiger partial charge in [0.05, 0.1) is 9.98 Å². The molecule has 2 aromatic rings. The van der Waals surface area contributed by atoms with E-state index in [1.807, 2.05) is 9.44 Å². The Kier molecular flexibility index (Phi) is 7.86. The van der Waals surface area contributed by atoms with E-state index in [-0.39, 0.29) is 35.1 Å². The summed E-state index contributed by atoms with van der Waals surface area (Å²) >= 11 is 9.25. The molecule has 0 atom stereocenters. The van der Waals surface area contributed by atoms with Crippen LogP contribution in [-0.2, 0) is 20.6 Å². The van der Waals surface area contributed by atoms with E-state index < -0.39 is 20.6 Å². The molecule has 12 nitrogen and oxygen atoms in total. The normalized spacial score (nSPS) is 13.2. The lowest BCUT2D eigenvalue weighted by molar-refractivity contribution is 0.173. The van der Waals surface area contributed by atoms with Crippen LogP contribution in [0.15, 0.2) is 36.4 Å². The number of fused-ring (bicyclic) bond motifs is 2. The van der Waals surface area contributed by atoms with E-state index >= 15 is 0 Å². The highest BCUT2D eigenvalue weighted by Crippen LogP contribution is 2.36. The Morgan fingerprint density at radius 2 is 1.06 bits per heavy atom. The summed E-state index contributed by atoms with van der Waals surface area (Å²) < 4.78 is 79.7. The molecule has 0 fully saturated rings. The Hall–Kier alpha value is -3.08. The van der Waals surface area contributed by atoms with Gasteiger partial charge >= 0.3 is 20.6 Å². The first kappa shape index (κ1) is 25.5. The second-order valence-electron chi connectivity index (χ2n) is 6.42. The molecule has 16 heteroatoms. The Balaban J connectivity index is 0.000000191. The first-order valence-electron chi connectivity index (χ1n) is 9.17. The van der Waals surface area contributed by atoms with Crippen LogP contribution in [0, 0.1) is 0 Å². The van der Waals surface area contributed by atoms with Gasteiger partial charge in [0.2, 0.25) is 13.6 Å². The van der Waals surface area contributed by atoms with Crippen molar-refractivity contribution in [1.29, 1.82) is 0 Å². The zero-order valence-electron chi connectivity index (χ0n) is 17.6. The van der Waals surface area contributed by atoms with Gasteiger partial charge in [-0.05, 0) is 38.1 Å². The highest BCUT2D eigenvalue weighted by Gasteiger charge is 2.19. The van der Waals surface area contributed by atoms with Crippen molar-refractivity contribution < 1.29 is 44.1 Å². The maximum Gasteiger partial charge on any atom is 0.407 e. The second kappa shape index (κ2) is 10.5. The lowest BCUT2D eigenvalue weighted by Crippen LogP contribution is -2.31. The molecule has 2 aliphatic rings. The number of ether oxygens (including phenoxy) is 4. The minimum Gasteiger partial charge on any atom is -0.454 e. The van der Waals surface area contributed by atoms with Crippen LogP contribution in [0.2, 0.25) is 0 Å². The van der Waals surface area contributed by atoms with E-state index in [2.05, 4.69) is 24.4 Å². The molecular weight excluding hydrogens is 532 g/mol. The molecule has 0 saturated carbocycles. The van der Waals surface area contributed by atoms with E-state index in [4.69, 9.17) is 27.3 Å². The summed E-state index contributed by atoms with van der Waals surface area (Å²) in [6.07, 6.45) is 0. The second-order valence-corrected chi connectivity index (χ2v) is 10.2. The number of benzene rings is 2. The van der Waals surface area contributed by atoms with E-state index in [0.29, 0.717) is 23.0 Å². The van der Waals surface area contributed by atoms with Crippen LogP contribution >= 0.6 is 24.4 Å². The van der Waals surface area contributed by atoms with Gasteiger partial charge in [-0.2, -0.15) is 16.8 Å². The molecule has 2 heterocycles. The fourth-order valence-electron chi connectivity index (χ4n) is 2.50. The fraction of sp³-hybridized carbons (Fsp3) is 0.222. The van der Waals surface area contributed by atoms with E-state index in [1.165, 1.54) is 38.1 Å². The molecule has 0 aliphatic carbocycles. The van der Waals surface area contributed by atoms with Gasteiger partial charge in [0.25, 0.3) is 0 Å². The summed E-state index contributed by atoms with van der Waals surface area (Å²) in [6.45, 7) is 3.11. The maximum absolute atomic E-state index is 11.4. The Bertz CT molecular complexity index is 1210. The van der Waals surface area contributed by atoms with Gasteiger partial charge in [-0.1, -0.05) is 24.4 Å². The van der Waals surface area contributed by atoms with Crippen LogP contribution in [0.1, 0.15) is 13.8 Å². The number of hydrogen-bond acceptors (Lipinski definition) is 12. The van der Waals surface area contributed by atoms with Crippen molar-refractivity contribution in [2.24, 2.45) is 0 Å². The average molecular weight is 551 g/mol. The largest absolute Gasteiger partial charge is 0.454 e. The first-order chi connectivity index (χ1) is 15.9. The lowest BCUT2D eigenvalue weighted by atomic mass is 10.3. The van der Waals surface area contributed by atoms with Gasteiger partial charge in [-0.3, -0.25) is 0 Å². The number of hydrogen-bond donors (Lipinski definition) is 2. The lowest BCUT2D eigenvalue weighted by Gasteiger charge is -2.07. The molecule has 0 aromatic heterocycles. The van der Waals surface area contributed by atoms with E-state index in [1.54, 1.807) is 12.1 Å². The minimum atomic E-state index is -3.94. The molecule has 184 valence electrons. The monoisotopic (exact) mass is 550 g/mol. The highest BCUT2D eigenvalue weighted by molar-refractivity contribution is 7.88. The molecule has 2 aromatic carbocycles. The summed E-state index contributed by atoms with van der Waals surface area (Å²) in [6, 6.07) is 8.92. The summed E-state index contributed by atoms with van der Waals surface area (Å²) in [7, 11) is -7.88. The van der Waals surface area contributed by atoms with Crippen molar-refractivity contribution in [3.05, 3.63) is 36.4 Å². The zero-order valence-corrected chi connectivity index (χ0v) is 20.9. The van der Waals surface area contributed by atoms with Crippen LogP contribution in [-0.4, -0.2) is 40.4 Å². The topological polar surface area (TPSA) is 148 Å². The SMILES string of the molecule is CC(=S)NS(=O)(=O)Oc1ccc2c(c1)OCO2.CC(=S)NS(=O)(=O)Oc1ccc2c(c1)OCO2. The van der Waals surface area contributed by atoms with Crippen molar-refractivity contribution in [3.8, 4) is 34.5 Å². The van der Waals surface area contributed by atoms with Crippen molar-refractivity contribution >= 4 is 55.0 Å². The quantitative estimate of drug-likeness (QED) is 0.507. The van der Waals surface area contributed by atoms with Crippen LogP contribution in [0.3, 0.4) is 0 Å². The zero-order chi connectivity index (χ0) is 24.9. The molecule has 4 rings (SSSR count). The minimum absolute atomic E-state index is 0.103. The van der Waals surface area contributed by atoms with Crippen LogP contribution in [0.25, 0.3) is 0 Å². The molecule has 2 N–H and O–H groups in total. The molecule has 2 aliphatic heterocycles. The summed E-state index contributed by atoms with van der Waals surface area (Å²) in [5.74, 6) is 2.23. The van der Waals surface area contributed by atoms with Crippen molar-refractivity contribution in [2.45, 2.75) is 13.8 Å². The van der Waals surface area contributed by atoms with Crippen molar-refractivity contribution in [3.63, 3.8) is 0 Å². The van der Waals surface area contributed by atoms with Gasteiger partial charge in [0.15, 0.2) is 23.0 Å². The van der Waals surface area contributed by atoms with Gasteiger partial charge < -0.3 is 27.3 Å². The van der Waals surface area contributed by atoms with Crippen molar-refractivity contribution in [1.82, 2.24) is 9.44 Å². The maximum atomic E-state index is 11.4. The smallest absolute Gasteiger partial charge is 0.407 e. The van der Waals surface area contributed by atoms with E-state index in [9.17, 15) is 16.8 Å². The van der Waals surface area contributed by atoms with Gasteiger partial charge in [-0.15, -0.1) is 0 Å². The summed E-state index contributed by atoms with van der Waals surface area (Å²) in [5, 5.41) is 0. The summed E-state index contributed by atoms with van der Waals surface area (Å²) in [5.41, 5.74) is 0. The predicted octanol–water partition coefficient (Wildman–Crippen LogP) is 1.95. The van der Waals surface area contributed by atoms with Gasteiger partial charge in [-0.25, -0.2) is 9.44 Å². The third kappa shape index (κ3) is 7.47. The number of rotatable bonds is 6. The highest BCUT2D eigenvalue weighted by atomic mass is 32.2. The molecule has 0 saturated heterocycles. The molecular formula is C18H18N2O10S4. The van der Waals surface area contributed by atoms with Crippen molar-refractivity contribution in [2.75, 3.05) is 13.6 Å². The number of nitrogens with one attached hydrogen (secondary N) is 2. The molecule has 34 heavy (non-hydrogen) atoms. The standard InChI is InChI=1S/2C9H9NO5S2/c2*1-6(16)10-17(11,12)15-7-2-3-8-9(4-7)14-5-13-8/h2*2-4H,5H2,1H3,(H,10,16). The van der Waals surface area contributed by atoms with Gasteiger partial charge in [0.1, 0.15) is 11.5 Å². The third-order valence-electron chi connectivity index (χ3n) is 3.64. The van der Waals surface area contributed by atoms with Gasteiger partial charge in [0, 0.05) is 12.1 Å². The average Bonchev–Trinajstić information content (AvgIpc) is 3.33. The molecule has 0 amide bonds. The Morgan fingerprint density at radius 1 is 0.706 bits per heavy atom. The Morgan fingerprint density at radius 3 is 1.41 bits per heavy atom. The van der Waals surface area contributed by atoms with Crippen LogP contribution in [0.5, 0.6) is 34.5 Å². The molecule has 0 unspecified atom stereocenters. The molecule has 0 radical (unpaired) electrons. The molecule has 0 bridgehead atoms. The summed E-state index contributed by atoms with van der Waals surface area (Å²) in [4.78, 5) is 0.205.